The number of nitrogens with zero attached hydrogens (tertiary/aromatic N) is 1. The van der Waals surface area contributed by atoms with Gasteiger partial charge in [0.15, 0.2) is 11.6 Å². The molecule has 9 nitrogen and oxygen atoms in total. The van der Waals surface area contributed by atoms with Gasteiger partial charge in [-0.2, -0.15) is 4.72 Å². The first kappa shape index (κ1) is 25.9. The number of fused-ring (bicyclic) bond motifs is 1. The summed E-state index contributed by atoms with van der Waals surface area (Å²) in [5, 5.41) is 6.84. The summed E-state index contributed by atoms with van der Waals surface area (Å²) in [6.45, 7) is 7.02. The first-order chi connectivity index (χ1) is 17.5. The Kier molecular flexibility index (Phi) is 7.07. The van der Waals surface area contributed by atoms with Gasteiger partial charge in [0.05, 0.1) is 40.8 Å². The molecule has 11 heteroatoms. The number of hydrogen-bond donors (Lipinski definition) is 4. The molecule has 192 valence electrons. The zero-order chi connectivity index (χ0) is 26.8. The second-order valence-electron chi connectivity index (χ2n) is 8.79. The third-order valence-electron chi connectivity index (χ3n) is 5.61. The van der Waals surface area contributed by atoms with Crippen molar-refractivity contribution in [1.29, 1.82) is 0 Å². The van der Waals surface area contributed by atoms with Crippen molar-refractivity contribution in [3.8, 4) is 28.8 Å². The molecule has 0 saturated carbocycles. The Morgan fingerprint density at radius 2 is 2.08 bits per heavy atom. The molecule has 0 fully saturated rings. The molecule has 0 spiro atoms. The van der Waals surface area contributed by atoms with Gasteiger partial charge in [-0.15, -0.1) is 0 Å². The fourth-order valence-electron chi connectivity index (χ4n) is 4.01. The van der Waals surface area contributed by atoms with Crippen molar-refractivity contribution in [2.24, 2.45) is 0 Å². The van der Waals surface area contributed by atoms with Gasteiger partial charge >= 0.3 is 0 Å². The van der Waals surface area contributed by atoms with Gasteiger partial charge in [-0.3, -0.25) is 9.78 Å². The average molecular weight is 524 g/mol. The van der Waals surface area contributed by atoms with E-state index in [9.17, 15) is 17.6 Å². The third kappa shape index (κ3) is 5.50. The molecule has 0 radical (unpaired) electrons. The third-order valence-corrected chi connectivity index (χ3v) is 6.85. The van der Waals surface area contributed by atoms with Crippen LogP contribution in [0.2, 0.25) is 0 Å². The van der Waals surface area contributed by atoms with E-state index in [-0.39, 0.29) is 11.7 Å². The van der Waals surface area contributed by atoms with E-state index >= 15 is 0 Å². The van der Waals surface area contributed by atoms with Gasteiger partial charge in [0, 0.05) is 42.0 Å². The molecule has 1 aliphatic rings. The van der Waals surface area contributed by atoms with Gasteiger partial charge in [0.25, 0.3) is 5.91 Å². The number of methoxy groups -OCH3 is 1. The predicted molar refractivity (Wildman–Crippen MR) is 140 cm³/mol. The number of carbonyl (C=O) groups excluding carboxylic acids is 1. The summed E-state index contributed by atoms with van der Waals surface area (Å²) in [5.41, 5.74) is 2.43. The molecule has 1 amide bonds. The normalized spacial score (nSPS) is 13.1. The van der Waals surface area contributed by atoms with E-state index in [0.717, 1.165) is 5.41 Å². The SMILES string of the molecule is C=CS(=O)(=O)NC(C)(C)C#Cc1cnccc1-c1[nH]c2c(c1Nc1cccc(F)c1OC)C(=O)NCC2. The number of amides is 1. The van der Waals surface area contributed by atoms with Crippen molar-refractivity contribution < 1.29 is 22.3 Å². The highest BCUT2D eigenvalue weighted by Crippen LogP contribution is 2.40. The zero-order valence-corrected chi connectivity index (χ0v) is 21.3. The number of nitrogens with one attached hydrogen (secondary N) is 4. The summed E-state index contributed by atoms with van der Waals surface area (Å²) in [4.78, 5) is 20.4. The number of sulfonamides is 1. The van der Waals surface area contributed by atoms with Gasteiger partial charge in [-0.05, 0) is 32.0 Å². The molecule has 0 atom stereocenters. The average Bonchev–Trinajstić information content (AvgIpc) is 3.22. The number of pyridine rings is 1. The summed E-state index contributed by atoms with van der Waals surface area (Å²) in [5.74, 6) is 5.11. The van der Waals surface area contributed by atoms with E-state index in [1.807, 2.05) is 0 Å². The predicted octanol–water partition coefficient (Wildman–Crippen LogP) is 3.45. The molecule has 0 bridgehead atoms. The fraction of sp³-hybridized carbons (Fsp3) is 0.231. The van der Waals surface area contributed by atoms with Crippen LogP contribution in [-0.2, 0) is 16.4 Å². The van der Waals surface area contributed by atoms with Crippen LogP contribution in [0.15, 0.2) is 48.6 Å². The number of carbonyl (C=O) groups is 1. The molecule has 4 N–H and O–H groups in total. The molecule has 4 rings (SSSR count). The standard InChI is InChI=1S/C26H26FN5O4S/c1-5-37(34,35)32-26(2,3)12-9-16-15-28-13-10-17(16)22-23(21-19(30-22)11-14-29-25(21)33)31-20-8-6-7-18(27)24(20)36-4/h5-8,10,13,15,30-32H,1,11,14H2,2-4H3,(H,29,33). The monoisotopic (exact) mass is 523 g/mol. The van der Waals surface area contributed by atoms with Gasteiger partial charge in [0.1, 0.15) is 0 Å². The fourth-order valence-corrected chi connectivity index (χ4v) is 4.86. The first-order valence-corrected chi connectivity index (χ1v) is 12.9. The number of anilines is 2. The minimum Gasteiger partial charge on any atom is -0.492 e. The molecule has 2 aromatic heterocycles. The first-order valence-electron chi connectivity index (χ1n) is 11.3. The van der Waals surface area contributed by atoms with Crippen LogP contribution in [0.5, 0.6) is 5.75 Å². The molecule has 1 aromatic carbocycles. The molecular formula is C26H26FN5O4S. The highest BCUT2D eigenvalue weighted by molar-refractivity contribution is 7.92. The van der Waals surface area contributed by atoms with E-state index in [0.29, 0.717) is 52.4 Å². The second kappa shape index (κ2) is 10.1. The van der Waals surface area contributed by atoms with Gasteiger partial charge in [-0.1, -0.05) is 24.5 Å². The number of benzene rings is 1. The molecule has 0 aliphatic carbocycles. The number of aromatic amines is 1. The second-order valence-corrected chi connectivity index (χ2v) is 10.4. The Morgan fingerprint density at radius 1 is 1.30 bits per heavy atom. The lowest BCUT2D eigenvalue weighted by Crippen LogP contribution is -2.41. The van der Waals surface area contributed by atoms with Crippen LogP contribution in [-0.4, -0.2) is 43.5 Å². The number of rotatable bonds is 7. The van der Waals surface area contributed by atoms with Crippen molar-refractivity contribution in [3.05, 3.63) is 71.3 Å². The Bertz CT molecular complexity index is 1550. The van der Waals surface area contributed by atoms with Crippen molar-refractivity contribution in [2.75, 3.05) is 19.0 Å². The summed E-state index contributed by atoms with van der Waals surface area (Å²) >= 11 is 0. The lowest BCUT2D eigenvalue weighted by molar-refractivity contribution is 0.0947. The highest BCUT2D eigenvalue weighted by Gasteiger charge is 2.28. The van der Waals surface area contributed by atoms with Crippen LogP contribution >= 0.6 is 0 Å². The van der Waals surface area contributed by atoms with E-state index in [4.69, 9.17) is 4.74 Å². The molecule has 0 unspecified atom stereocenters. The maximum Gasteiger partial charge on any atom is 0.255 e. The van der Waals surface area contributed by atoms with Crippen LogP contribution < -0.4 is 20.1 Å². The summed E-state index contributed by atoms with van der Waals surface area (Å²) in [6, 6.07) is 6.19. The smallest absolute Gasteiger partial charge is 0.255 e. The lowest BCUT2D eigenvalue weighted by Gasteiger charge is -2.18. The Hall–Kier alpha value is -4.14. The van der Waals surface area contributed by atoms with E-state index in [1.54, 1.807) is 38.4 Å². The van der Waals surface area contributed by atoms with Crippen LogP contribution in [0.25, 0.3) is 11.3 Å². The van der Waals surface area contributed by atoms with E-state index in [2.05, 4.69) is 43.7 Å². The Balaban J connectivity index is 1.85. The molecule has 0 saturated heterocycles. The minimum atomic E-state index is -3.71. The van der Waals surface area contributed by atoms with Crippen LogP contribution in [0.3, 0.4) is 0 Å². The number of hydrogen-bond acceptors (Lipinski definition) is 6. The van der Waals surface area contributed by atoms with Crippen molar-refractivity contribution in [1.82, 2.24) is 20.0 Å². The van der Waals surface area contributed by atoms with E-state index < -0.39 is 21.4 Å². The van der Waals surface area contributed by atoms with Crippen LogP contribution in [0.1, 0.15) is 35.5 Å². The maximum absolute atomic E-state index is 14.4. The number of aromatic nitrogens is 2. The molecule has 1 aliphatic heterocycles. The molecule has 3 aromatic rings. The van der Waals surface area contributed by atoms with Gasteiger partial charge in [-0.25, -0.2) is 12.8 Å². The Labute approximate surface area is 214 Å². The molecule has 37 heavy (non-hydrogen) atoms. The Morgan fingerprint density at radius 3 is 2.81 bits per heavy atom. The molecular weight excluding hydrogens is 497 g/mol. The summed E-state index contributed by atoms with van der Waals surface area (Å²) in [7, 11) is -2.35. The van der Waals surface area contributed by atoms with Gasteiger partial charge in [0.2, 0.25) is 10.0 Å². The lowest BCUT2D eigenvalue weighted by atomic mass is 10.0. The topological polar surface area (TPSA) is 125 Å². The van der Waals surface area contributed by atoms with Crippen molar-refractivity contribution >= 4 is 27.3 Å². The minimum absolute atomic E-state index is 0.00520. The van der Waals surface area contributed by atoms with Crippen LogP contribution in [0, 0.1) is 17.7 Å². The van der Waals surface area contributed by atoms with Crippen LogP contribution in [0.4, 0.5) is 15.8 Å². The zero-order valence-electron chi connectivity index (χ0n) is 20.5. The maximum atomic E-state index is 14.4. The number of halogens is 1. The number of ether oxygens (including phenoxy) is 1. The van der Waals surface area contributed by atoms with Gasteiger partial charge < -0.3 is 20.4 Å². The van der Waals surface area contributed by atoms with Crippen molar-refractivity contribution in [2.45, 2.75) is 25.8 Å². The van der Waals surface area contributed by atoms with Crippen molar-refractivity contribution in [3.63, 3.8) is 0 Å². The molecule has 3 heterocycles. The highest BCUT2D eigenvalue weighted by atomic mass is 32.2. The number of para-hydroxylation sites is 1. The summed E-state index contributed by atoms with van der Waals surface area (Å²) < 4.78 is 46.0. The van der Waals surface area contributed by atoms with E-state index in [1.165, 1.54) is 19.2 Å². The quantitative estimate of drug-likeness (QED) is 0.352. The summed E-state index contributed by atoms with van der Waals surface area (Å²) in [6.07, 6.45) is 3.70. The largest absolute Gasteiger partial charge is 0.492 e. The number of H-pyrrole nitrogens is 1.